The molecule has 3 heteroatoms. The minimum atomic E-state index is 0.536. The summed E-state index contributed by atoms with van der Waals surface area (Å²) in [5.41, 5.74) is 2.36. The molecule has 1 heterocycles. The minimum absolute atomic E-state index is 0.536. The van der Waals surface area contributed by atoms with Crippen LogP contribution in [-0.4, -0.2) is 15.9 Å². The van der Waals surface area contributed by atoms with Crippen LogP contribution in [0.15, 0.2) is 23.5 Å². The Morgan fingerprint density at radius 2 is 2.36 bits per heavy atom. The van der Waals surface area contributed by atoms with E-state index in [1.54, 1.807) is 13.1 Å². The van der Waals surface area contributed by atoms with Gasteiger partial charge in [-0.15, -0.1) is 0 Å². The highest BCUT2D eigenvalue weighted by Crippen LogP contribution is 2.00. The molecule has 11 heavy (non-hydrogen) atoms. The van der Waals surface area contributed by atoms with Gasteiger partial charge < -0.3 is 5.21 Å². The fraction of sp³-hybridized carbons (Fsp3) is 0.250. The van der Waals surface area contributed by atoms with Crippen molar-refractivity contribution < 1.29 is 5.21 Å². The van der Waals surface area contributed by atoms with E-state index in [2.05, 4.69) is 10.1 Å². The van der Waals surface area contributed by atoms with Crippen molar-refractivity contribution >= 4 is 5.71 Å². The fourth-order valence-corrected chi connectivity index (χ4v) is 0.785. The van der Waals surface area contributed by atoms with E-state index in [0.717, 1.165) is 5.56 Å². The Labute approximate surface area is 65.4 Å². The Morgan fingerprint density at radius 1 is 1.64 bits per heavy atom. The second-order valence-electron chi connectivity index (χ2n) is 2.40. The highest BCUT2D eigenvalue weighted by molar-refractivity contribution is 5.96. The molecular weight excluding hydrogens is 140 g/mol. The zero-order valence-electron chi connectivity index (χ0n) is 6.57. The summed E-state index contributed by atoms with van der Waals surface area (Å²) in [5, 5.41) is 11.5. The molecule has 0 atom stereocenters. The average molecular weight is 150 g/mol. The molecular formula is C8H10N2O. The van der Waals surface area contributed by atoms with Crippen LogP contribution in [0, 0.1) is 6.92 Å². The predicted octanol–water partition coefficient (Wildman–Crippen LogP) is 1.59. The number of nitrogens with zero attached hydrogens (tertiary/aromatic N) is 2. The first-order valence-electron chi connectivity index (χ1n) is 3.35. The SMILES string of the molecule is C/C(=N/O)c1cc(C)ccn1. The van der Waals surface area contributed by atoms with E-state index in [1.807, 2.05) is 19.1 Å². The van der Waals surface area contributed by atoms with Crippen LogP contribution in [0.4, 0.5) is 0 Å². The van der Waals surface area contributed by atoms with Crippen molar-refractivity contribution in [2.24, 2.45) is 5.16 Å². The highest BCUT2D eigenvalue weighted by atomic mass is 16.4. The van der Waals surface area contributed by atoms with Crippen LogP contribution < -0.4 is 0 Å². The van der Waals surface area contributed by atoms with Gasteiger partial charge in [0.05, 0.1) is 5.69 Å². The standard InChI is InChI=1S/C8H10N2O/c1-6-3-4-9-8(5-6)7(2)10-11/h3-5,11H,1-2H3/b10-7-. The number of aromatic nitrogens is 1. The lowest BCUT2D eigenvalue weighted by molar-refractivity contribution is 0.319. The quantitative estimate of drug-likeness (QED) is 0.375. The summed E-state index contributed by atoms with van der Waals surface area (Å²) >= 11 is 0. The molecule has 0 fully saturated rings. The van der Waals surface area contributed by atoms with Crippen LogP contribution in [-0.2, 0) is 0 Å². The molecule has 0 unspecified atom stereocenters. The molecule has 0 amide bonds. The molecule has 0 saturated heterocycles. The lowest BCUT2D eigenvalue weighted by Crippen LogP contribution is -1.97. The Balaban J connectivity index is 3.06. The maximum atomic E-state index is 8.43. The molecule has 0 aromatic carbocycles. The van der Waals surface area contributed by atoms with E-state index in [9.17, 15) is 0 Å². The Hall–Kier alpha value is -1.38. The largest absolute Gasteiger partial charge is 0.411 e. The number of oxime groups is 1. The summed E-state index contributed by atoms with van der Waals surface area (Å²) in [5.74, 6) is 0. The van der Waals surface area contributed by atoms with Gasteiger partial charge in [0.25, 0.3) is 0 Å². The first-order chi connectivity index (χ1) is 5.24. The van der Waals surface area contributed by atoms with Crippen LogP contribution >= 0.6 is 0 Å². The van der Waals surface area contributed by atoms with Crippen molar-refractivity contribution in [3.8, 4) is 0 Å². The number of rotatable bonds is 1. The van der Waals surface area contributed by atoms with Gasteiger partial charge in [-0.25, -0.2) is 0 Å². The van der Waals surface area contributed by atoms with Crippen molar-refractivity contribution in [1.82, 2.24) is 4.98 Å². The monoisotopic (exact) mass is 150 g/mol. The van der Waals surface area contributed by atoms with Gasteiger partial charge in [0.2, 0.25) is 0 Å². The maximum absolute atomic E-state index is 8.43. The lowest BCUT2D eigenvalue weighted by atomic mass is 10.2. The Bertz CT molecular complexity index is 281. The summed E-state index contributed by atoms with van der Waals surface area (Å²) in [6.07, 6.45) is 1.69. The van der Waals surface area contributed by atoms with Crippen LogP contribution in [0.3, 0.4) is 0 Å². The summed E-state index contributed by atoms with van der Waals surface area (Å²) in [6, 6.07) is 3.77. The zero-order valence-corrected chi connectivity index (χ0v) is 6.57. The topological polar surface area (TPSA) is 45.5 Å². The van der Waals surface area contributed by atoms with Gasteiger partial charge in [-0.05, 0) is 31.5 Å². The number of pyridine rings is 1. The number of aryl methyl sites for hydroxylation is 1. The van der Waals surface area contributed by atoms with E-state index in [-0.39, 0.29) is 0 Å². The fourth-order valence-electron chi connectivity index (χ4n) is 0.785. The molecule has 58 valence electrons. The van der Waals surface area contributed by atoms with E-state index in [0.29, 0.717) is 11.4 Å². The van der Waals surface area contributed by atoms with Crippen molar-refractivity contribution in [1.29, 1.82) is 0 Å². The van der Waals surface area contributed by atoms with Gasteiger partial charge in [-0.1, -0.05) is 5.16 Å². The van der Waals surface area contributed by atoms with Gasteiger partial charge >= 0.3 is 0 Å². The van der Waals surface area contributed by atoms with Crippen LogP contribution in [0.25, 0.3) is 0 Å². The molecule has 1 aromatic heterocycles. The van der Waals surface area contributed by atoms with Gasteiger partial charge in [-0.2, -0.15) is 0 Å². The molecule has 3 nitrogen and oxygen atoms in total. The first-order valence-corrected chi connectivity index (χ1v) is 3.35. The van der Waals surface area contributed by atoms with E-state index >= 15 is 0 Å². The first kappa shape index (κ1) is 7.72. The Morgan fingerprint density at radius 3 is 2.91 bits per heavy atom. The Kier molecular flexibility index (Phi) is 2.21. The third-order valence-corrected chi connectivity index (χ3v) is 1.44. The lowest BCUT2D eigenvalue weighted by Gasteiger charge is -1.97. The smallest absolute Gasteiger partial charge is 0.102 e. The molecule has 0 radical (unpaired) electrons. The van der Waals surface area contributed by atoms with Gasteiger partial charge in [0, 0.05) is 6.20 Å². The van der Waals surface area contributed by atoms with Crippen LogP contribution in [0.5, 0.6) is 0 Å². The number of hydrogen-bond acceptors (Lipinski definition) is 3. The van der Waals surface area contributed by atoms with E-state index in [4.69, 9.17) is 5.21 Å². The maximum Gasteiger partial charge on any atom is 0.102 e. The van der Waals surface area contributed by atoms with Crippen molar-refractivity contribution in [2.45, 2.75) is 13.8 Å². The molecule has 1 aromatic rings. The molecule has 0 saturated carbocycles. The molecule has 0 spiro atoms. The molecule has 0 aliphatic rings. The number of hydrogen-bond donors (Lipinski definition) is 1. The van der Waals surface area contributed by atoms with Crippen LogP contribution in [0.2, 0.25) is 0 Å². The molecule has 0 aliphatic heterocycles. The summed E-state index contributed by atoms with van der Waals surface area (Å²) in [6.45, 7) is 3.68. The zero-order chi connectivity index (χ0) is 8.27. The average Bonchev–Trinajstić information content (AvgIpc) is 2.03. The van der Waals surface area contributed by atoms with Crippen LogP contribution in [0.1, 0.15) is 18.2 Å². The van der Waals surface area contributed by atoms with Gasteiger partial charge in [0.15, 0.2) is 0 Å². The molecule has 0 bridgehead atoms. The third kappa shape index (κ3) is 1.77. The molecule has 1 rings (SSSR count). The van der Waals surface area contributed by atoms with Crippen molar-refractivity contribution in [3.05, 3.63) is 29.6 Å². The second kappa shape index (κ2) is 3.14. The minimum Gasteiger partial charge on any atom is -0.411 e. The highest BCUT2D eigenvalue weighted by Gasteiger charge is 1.97. The summed E-state index contributed by atoms with van der Waals surface area (Å²) < 4.78 is 0. The molecule has 0 aliphatic carbocycles. The van der Waals surface area contributed by atoms with Crippen molar-refractivity contribution in [3.63, 3.8) is 0 Å². The van der Waals surface area contributed by atoms with E-state index < -0.39 is 0 Å². The normalized spacial score (nSPS) is 11.6. The second-order valence-corrected chi connectivity index (χ2v) is 2.40. The van der Waals surface area contributed by atoms with Gasteiger partial charge in [0.1, 0.15) is 5.71 Å². The van der Waals surface area contributed by atoms with E-state index in [1.165, 1.54) is 0 Å². The molecule has 1 N–H and O–H groups in total. The van der Waals surface area contributed by atoms with Gasteiger partial charge in [-0.3, -0.25) is 4.98 Å². The predicted molar refractivity (Wildman–Crippen MR) is 43.0 cm³/mol. The van der Waals surface area contributed by atoms with Crippen molar-refractivity contribution in [2.75, 3.05) is 0 Å². The summed E-state index contributed by atoms with van der Waals surface area (Å²) in [4.78, 5) is 4.02. The third-order valence-electron chi connectivity index (χ3n) is 1.44. The summed E-state index contributed by atoms with van der Waals surface area (Å²) in [7, 11) is 0.